The van der Waals surface area contributed by atoms with Crippen LogP contribution in [0.4, 0.5) is 0 Å². The molecule has 0 spiro atoms. The molecule has 0 saturated carbocycles. The molecule has 204 valence electrons. The summed E-state index contributed by atoms with van der Waals surface area (Å²) in [5, 5.41) is 62.3. The van der Waals surface area contributed by atoms with Gasteiger partial charge in [-0.05, 0) is 72.0 Å². The van der Waals surface area contributed by atoms with Gasteiger partial charge in [-0.15, -0.1) is 0 Å². The molecule has 0 aliphatic carbocycles. The van der Waals surface area contributed by atoms with Crippen molar-refractivity contribution in [2.75, 3.05) is 0 Å². The summed E-state index contributed by atoms with van der Waals surface area (Å²) < 4.78 is 0. The second kappa shape index (κ2) is 24.4. The first-order valence-corrected chi connectivity index (χ1v) is 11.1. The van der Waals surface area contributed by atoms with Gasteiger partial charge in [-0.3, -0.25) is 0 Å². The summed E-state index contributed by atoms with van der Waals surface area (Å²) in [5.74, 6) is -8.59. The van der Waals surface area contributed by atoms with Crippen LogP contribution >= 0.6 is 0 Å². The third kappa shape index (κ3) is 16.8. The van der Waals surface area contributed by atoms with Gasteiger partial charge in [0, 0.05) is 0 Å². The Labute approximate surface area is 243 Å². The Bertz CT molecular complexity index is 740. The molecule has 0 fully saturated rings. The molecule has 0 amide bonds. The Kier molecular flexibility index (Phi) is 29.0. The molecule has 0 unspecified atom stereocenters. The molecule has 0 radical (unpaired) electrons. The first kappa shape index (κ1) is 45.1. The fourth-order valence-electron chi connectivity index (χ4n) is 2.89. The zero-order chi connectivity index (χ0) is 29.2. The van der Waals surface area contributed by atoms with Crippen LogP contribution in [0.25, 0.3) is 0 Å². The van der Waals surface area contributed by atoms with Gasteiger partial charge >= 0.3 is 34.7 Å². The minimum Gasteiger partial charge on any atom is -0.545 e. The molecule has 0 heterocycles. The molecule has 0 saturated heterocycles. The van der Waals surface area contributed by atoms with Crippen LogP contribution < -0.4 is 30.6 Å². The van der Waals surface area contributed by atoms with Crippen molar-refractivity contribution in [1.82, 2.24) is 0 Å². The van der Waals surface area contributed by atoms with E-state index < -0.39 is 35.8 Å². The Morgan fingerprint density at radius 2 is 0.395 bits per heavy atom. The van der Waals surface area contributed by atoms with Crippen molar-refractivity contribution in [2.24, 2.45) is 0 Å². The normalized spacial score (nSPS) is 11.5. The summed E-state index contributed by atoms with van der Waals surface area (Å²) in [6.07, 6.45) is 0.830. The topological polar surface area (TPSA) is 241 Å². The Balaban J connectivity index is -0.000000140. The summed E-state index contributed by atoms with van der Waals surface area (Å²) >= 11 is 0. The molecule has 0 aliphatic heterocycles. The Morgan fingerprint density at radius 1 is 0.316 bits per heavy atom. The summed E-state index contributed by atoms with van der Waals surface area (Å²) in [4.78, 5) is 62.3. The monoisotopic (exact) mass is 564 g/mol. The zero-order valence-corrected chi connectivity index (χ0v) is 24.6. The van der Waals surface area contributed by atoms with E-state index in [2.05, 4.69) is 0 Å². The van der Waals surface area contributed by atoms with E-state index in [0.29, 0.717) is 0 Å². The van der Waals surface area contributed by atoms with Crippen molar-refractivity contribution in [1.29, 1.82) is 0 Å². The number of carboxylic acids is 6. The summed E-state index contributed by atoms with van der Waals surface area (Å²) in [6.45, 7) is 9.36. The molecule has 0 rings (SSSR count). The van der Waals surface area contributed by atoms with E-state index in [9.17, 15) is 59.4 Å². The number of carboxylic acid groups (broad SMARTS) is 6. The summed E-state index contributed by atoms with van der Waals surface area (Å²) in [7, 11) is 0. The van der Waals surface area contributed by atoms with Crippen molar-refractivity contribution >= 4 is 70.5 Å². The van der Waals surface area contributed by atoms with Crippen molar-refractivity contribution in [3.63, 3.8) is 0 Å². The largest absolute Gasteiger partial charge is 3.00 e. The molecule has 38 heavy (non-hydrogen) atoms. The Hall–Kier alpha value is -2.90. The number of hydrogen-bond donors (Lipinski definition) is 0. The summed E-state index contributed by atoms with van der Waals surface area (Å²) in [5.41, 5.74) is -1.10. The van der Waals surface area contributed by atoms with Crippen molar-refractivity contribution < 1.29 is 59.4 Å². The molecule has 14 heteroatoms. The predicted octanol–water partition coefficient (Wildman–Crippen LogP) is -4.95. The third-order valence-corrected chi connectivity index (χ3v) is 4.69. The average molecular weight is 564 g/mol. The van der Waals surface area contributed by atoms with Crippen LogP contribution in [0.15, 0.2) is 33.4 Å². The van der Waals surface area contributed by atoms with Crippen LogP contribution in [0.1, 0.15) is 80.1 Å². The Morgan fingerprint density at radius 3 is 0.421 bits per heavy atom. The van der Waals surface area contributed by atoms with E-state index in [1.807, 2.05) is 0 Å². The predicted molar refractivity (Wildman–Crippen MR) is 124 cm³/mol. The van der Waals surface area contributed by atoms with Gasteiger partial charge < -0.3 is 59.4 Å². The van der Waals surface area contributed by atoms with Gasteiger partial charge in [0.25, 0.3) is 0 Å². The molecule has 0 aromatic rings. The van der Waals surface area contributed by atoms with E-state index in [1.54, 1.807) is 41.5 Å². The van der Waals surface area contributed by atoms with Gasteiger partial charge in [0.2, 0.25) is 0 Å². The minimum absolute atomic E-state index is 0. The maximum atomic E-state index is 10.4. The number of carbonyl (C=O) groups excluding carboxylic acids is 6. The van der Waals surface area contributed by atoms with Gasteiger partial charge in [0.1, 0.15) is 0 Å². The molecular weight excluding hydrogens is 534 g/mol. The summed E-state index contributed by atoms with van der Waals surface area (Å²) in [6, 6.07) is 0. The number of aliphatic carboxylic acids is 6. The van der Waals surface area contributed by atoms with Crippen LogP contribution in [0.3, 0.4) is 0 Å². The molecule has 0 N–H and O–H groups in total. The van der Waals surface area contributed by atoms with Crippen LogP contribution in [0.2, 0.25) is 0 Å². The molecule has 0 bridgehead atoms. The average Bonchev–Trinajstić information content (AvgIpc) is 2.78. The van der Waals surface area contributed by atoms with Crippen molar-refractivity contribution in [3.8, 4) is 0 Å². The van der Waals surface area contributed by atoms with E-state index in [0.717, 1.165) is 0 Å². The molecule has 0 aromatic carbocycles. The van der Waals surface area contributed by atoms with Gasteiger partial charge in [-0.25, -0.2) is 0 Å². The molecule has 12 nitrogen and oxygen atoms in total. The second-order valence-electron chi connectivity index (χ2n) is 6.72. The maximum Gasteiger partial charge on any atom is 3.00 e. The molecule has 0 atom stereocenters. The van der Waals surface area contributed by atoms with E-state index >= 15 is 0 Å². The van der Waals surface area contributed by atoms with Crippen LogP contribution in [-0.4, -0.2) is 70.5 Å². The fourth-order valence-corrected chi connectivity index (χ4v) is 2.89. The smallest absolute Gasteiger partial charge is 0.545 e. The first-order valence-electron chi connectivity index (χ1n) is 11.1. The number of rotatable bonds is 12. The van der Waals surface area contributed by atoms with E-state index in [-0.39, 0.29) is 107 Å². The van der Waals surface area contributed by atoms with Gasteiger partial charge in [0.15, 0.2) is 0 Å². The first-order chi connectivity index (χ1) is 16.6. The van der Waals surface area contributed by atoms with Crippen LogP contribution in [0, 0.1) is 0 Å². The molecule has 0 aliphatic rings. The number of carbonyl (C=O) groups is 6. The molecule has 0 aromatic heterocycles. The third-order valence-electron chi connectivity index (χ3n) is 4.69. The maximum absolute atomic E-state index is 10.4. The zero-order valence-electron chi connectivity index (χ0n) is 22.3. The number of hydrogen-bond acceptors (Lipinski definition) is 12. The second-order valence-corrected chi connectivity index (χ2v) is 6.72. The SMILES string of the molecule is CCC(C(=O)[O-])=C(CC)C(=O)[O-].CCC(C(=O)[O-])=C(CC)C(=O)[O-].CCC(C(=O)[O-])=C(CC)C(=O)[O-].[Al+3].[Al+3]. The van der Waals surface area contributed by atoms with Crippen molar-refractivity contribution in [2.45, 2.75) is 80.1 Å². The van der Waals surface area contributed by atoms with E-state index in [1.165, 1.54) is 0 Å². The quantitative estimate of drug-likeness (QED) is 0.160. The van der Waals surface area contributed by atoms with Gasteiger partial charge in [0.05, 0.1) is 35.8 Å². The van der Waals surface area contributed by atoms with Gasteiger partial charge in [-0.1, -0.05) is 41.5 Å². The van der Waals surface area contributed by atoms with Crippen LogP contribution in [-0.2, 0) is 28.8 Å². The van der Waals surface area contributed by atoms with Crippen molar-refractivity contribution in [3.05, 3.63) is 33.4 Å². The van der Waals surface area contributed by atoms with Gasteiger partial charge in [-0.2, -0.15) is 0 Å². The molecular formula is C24H30Al2O12. The van der Waals surface area contributed by atoms with Crippen LogP contribution in [0.5, 0.6) is 0 Å². The minimum atomic E-state index is -1.43. The standard InChI is InChI=1S/3C8H12O4.2Al/c3*1-3-5(7(9)10)6(4-2)8(11)12;;/h3*3-4H2,1-2H3,(H,9,10)(H,11,12);;/q;;;2*+3/p-6. The van der Waals surface area contributed by atoms with E-state index in [4.69, 9.17) is 0 Å². The fraction of sp³-hybridized carbons (Fsp3) is 0.500.